The van der Waals surface area contributed by atoms with Crippen LogP contribution in [-0.4, -0.2) is 5.78 Å². The number of carbonyl (C=O) groups is 1. The molecule has 3 heteroatoms. The Morgan fingerprint density at radius 3 is 2.76 bits per heavy atom. The van der Waals surface area contributed by atoms with Gasteiger partial charge >= 0.3 is 0 Å². The summed E-state index contributed by atoms with van der Waals surface area (Å²) in [7, 11) is 0. The van der Waals surface area contributed by atoms with Crippen molar-refractivity contribution in [1.29, 1.82) is 0 Å². The van der Waals surface area contributed by atoms with Gasteiger partial charge in [-0.05, 0) is 31.2 Å². The van der Waals surface area contributed by atoms with Crippen molar-refractivity contribution in [3.63, 3.8) is 0 Å². The topological polar surface area (TPSA) is 30.2 Å². The molecule has 0 atom stereocenters. The van der Waals surface area contributed by atoms with E-state index in [-0.39, 0.29) is 5.78 Å². The maximum atomic E-state index is 11.5. The first-order valence-electron chi connectivity index (χ1n) is 5.51. The molecule has 0 saturated heterocycles. The number of furan rings is 1. The molecule has 0 saturated carbocycles. The van der Waals surface area contributed by atoms with Crippen molar-refractivity contribution < 1.29 is 9.21 Å². The molecule has 0 bridgehead atoms. The number of rotatable bonds is 3. The first-order chi connectivity index (χ1) is 8.11. The van der Waals surface area contributed by atoms with E-state index in [0.29, 0.717) is 12.2 Å². The second-order valence-electron chi connectivity index (χ2n) is 3.92. The average molecular weight is 293 g/mol. The number of benzene rings is 1. The largest absolute Gasteiger partial charge is 0.453 e. The van der Waals surface area contributed by atoms with E-state index in [1.54, 1.807) is 6.07 Å². The standard InChI is InChI=1S/C14H13BrO2/c1-3-12(16)14-7-6-13(17-14)10-8-9(2)4-5-11(10)15/h4-8H,3H2,1-2H3. The number of carbonyl (C=O) groups excluding carboxylic acids is 1. The minimum Gasteiger partial charge on any atom is -0.453 e. The molecule has 17 heavy (non-hydrogen) atoms. The molecule has 0 amide bonds. The molecule has 0 fully saturated rings. The van der Waals surface area contributed by atoms with Crippen molar-refractivity contribution in [1.82, 2.24) is 0 Å². The predicted octanol–water partition coefficient (Wildman–Crippen LogP) is 4.61. The summed E-state index contributed by atoms with van der Waals surface area (Å²) >= 11 is 3.49. The quantitative estimate of drug-likeness (QED) is 0.773. The Morgan fingerprint density at radius 2 is 2.06 bits per heavy atom. The van der Waals surface area contributed by atoms with Gasteiger partial charge in [0.15, 0.2) is 11.5 Å². The first-order valence-corrected chi connectivity index (χ1v) is 6.30. The molecule has 2 nitrogen and oxygen atoms in total. The SMILES string of the molecule is CCC(=O)c1ccc(-c2cc(C)ccc2Br)o1. The van der Waals surface area contributed by atoms with Crippen LogP contribution in [0, 0.1) is 6.92 Å². The average Bonchev–Trinajstić information content (AvgIpc) is 2.80. The van der Waals surface area contributed by atoms with Crippen LogP contribution < -0.4 is 0 Å². The number of Topliss-reactive ketones (excluding diaryl/α,β-unsaturated/α-hetero) is 1. The van der Waals surface area contributed by atoms with E-state index in [9.17, 15) is 4.79 Å². The zero-order chi connectivity index (χ0) is 12.4. The maximum absolute atomic E-state index is 11.5. The van der Waals surface area contributed by atoms with Gasteiger partial charge in [-0.3, -0.25) is 4.79 Å². The van der Waals surface area contributed by atoms with Crippen molar-refractivity contribution in [2.75, 3.05) is 0 Å². The van der Waals surface area contributed by atoms with Gasteiger partial charge in [-0.2, -0.15) is 0 Å². The third kappa shape index (κ3) is 2.50. The monoisotopic (exact) mass is 292 g/mol. The summed E-state index contributed by atoms with van der Waals surface area (Å²) in [5, 5.41) is 0. The lowest BCUT2D eigenvalue weighted by Crippen LogP contribution is -1.92. The molecule has 1 heterocycles. The van der Waals surface area contributed by atoms with Crippen molar-refractivity contribution >= 4 is 21.7 Å². The molecule has 0 aliphatic rings. The third-order valence-corrected chi connectivity index (χ3v) is 3.28. The summed E-state index contributed by atoms with van der Waals surface area (Å²) in [4.78, 5) is 11.5. The van der Waals surface area contributed by atoms with Gasteiger partial charge in [-0.25, -0.2) is 0 Å². The number of ketones is 1. The van der Waals surface area contributed by atoms with Crippen molar-refractivity contribution in [2.24, 2.45) is 0 Å². The highest BCUT2D eigenvalue weighted by molar-refractivity contribution is 9.10. The molecular weight excluding hydrogens is 280 g/mol. The van der Waals surface area contributed by atoms with Crippen LogP contribution >= 0.6 is 15.9 Å². The van der Waals surface area contributed by atoms with E-state index >= 15 is 0 Å². The molecule has 0 spiro atoms. The summed E-state index contributed by atoms with van der Waals surface area (Å²) in [6, 6.07) is 9.60. The fraction of sp³-hybridized carbons (Fsp3) is 0.214. The number of hydrogen-bond donors (Lipinski definition) is 0. The van der Waals surface area contributed by atoms with Crippen LogP contribution in [0.5, 0.6) is 0 Å². The van der Waals surface area contributed by atoms with Gasteiger partial charge in [-0.15, -0.1) is 0 Å². The lowest BCUT2D eigenvalue weighted by molar-refractivity contribution is 0.0962. The van der Waals surface area contributed by atoms with Crippen molar-refractivity contribution in [3.8, 4) is 11.3 Å². The highest BCUT2D eigenvalue weighted by Crippen LogP contribution is 2.30. The molecule has 1 aromatic heterocycles. The minimum absolute atomic E-state index is 0.0278. The molecule has 0 aliphatic carbocycles. The normalized spacial score (nSPS) is 10.5. The number of hydrogen-bond acceptors (Lipinski definition) is 2. The Kier molecular flexibility index (Phi) is 3.48. The van der Waals surface area contributed by atoms with E-state index in [4.69, 9.17) is 4.42 Å². The van der Waals surface area contributed by atoms with Crippen LogP contribution in [-0.2, 0) is 0 Å². The summed E-state index contributed by atoms with van der Waals surface area (Å²) < 4.78 is 6.54. The van der Waals surface area contributed by atoms with Gasteiger partial charge in [0.25, 0.3) is 0 Å². The molecule has 0 unspecified atom stereocenters. The summed E-state index contributed by atoms with van der Waals surface area (Å²) in [5.74, 6) is 1.17. The number of aryl methyl sites for hydroxylation is 1. The van der Waals surface area contributed by atoms with Gasteiger partial charge in [0.2, 0.25) is 0 Å². The minimum atomic E-state index is 0.0278. The summed E-state index contributed by atoms with van der Waals surface area (Å²) in [6.45, 7) is 3.85. The second kappa shape index (κ2) is 4.88. The second-order valence-corrected chi connectivity index (χ2v) is 4.78. The molecule has 0 radical (unpaired) electrons. The van der Waals surface area contributed by atoms with Crippen LogP contribution in [0.15, 0.2) is 39.2 Å². The van der Waals surface area contributed by atoms with Crippen molar-refractivity contribution in [2.45, 2.75) is 20.3 Å². The van der Waals surface area contributed by atoms with Crippen LogP contribution in [0.25, 0.3) is 11.3 Å². The zero-order valence-electron chi connectivity index (χ0n) is 9.79. The molecule has 1 aromatic carbocycles. The fourth-order valence-corrected chi connectivity index (χ4v) is 2.08. The Morgan fingerprint density at radius 1 is 1.29 bits per heavy atom. The maximum Gasteiger partial charge on any atom is 0.197 e. The highest BCUT2D eigenvalue weighted by atomic mass is 79.9. The van der Waals surface area contributed by atoms with Gasteiger partial charge in [0, 0.05) is 16.5 Å². The van der Waals surface area contributed by atoms with E-state index in [1.165, 1.54) is 0 Å². The summed E-state index contributed by atoms with van der Waals surface area (Å²) in [5.41, 5.74) is 2.13. The van der Waals surface area contributed by atoms with Crippen LogP contribution in [0.3, 0.4) is 0 Å². The lowest BCUT2D eigenvalue weighted by atomic mass is 10.1. The Bertz CT molecular complexity index is 555. The fourth-order valence-electron chi connectivity index (χ4n) is 1.63. The first kappa shape index (κ1) is 12.1. The van der Waals surface area contributed by atoms with Crippen LogP contribution in [0.4, 0.5) is 0 Å². The van der Waals surface area contributed by atoms with Crippen LogP contribution in [0.1, 0.15) is 29.5 Å². The zero-order valence-corrected chi connectivity index (χ0v) is 11.4. The smallest absolute Gasteiger partial charge is 0.197 e. The van der Waals surface area contributed by atoms with E-state index in [2.05, 4.69) is 15.9 Å². The lowest BCUT2D eigenvalue weighted by Gasteiger charge is -2.02. The predicted molar refractivity (Wildman–Crippen MR) is 71.2 cm³/mol. The van der Waals surface area contributed by atoms with Gasteiger partial charge in [0.1, 0.15) is 5.76 Å². The third-order valence-electron chi connectivity index (χ3n) is 2.59. The number of halogens is 1. The summed E-state index contributed by atoms with van der Waals surface area (Å²) in [6.07, 6.45) is 0.460. The highest BCUT2D eigenvalue weighted by Gasteiger charge is 2.12. The van der Waals surface area contributed by atoms with E-state index < -0.39 is 0 Å². The van der Waals surface area contributed by atoms with E-state index in [0.717, 1.165) is 21.4 Å². The molecular formula is C14H13BrO2. The van der Waals surface area contributed by atoms with E-state index in [1.807, 2.05) is 38.1 Å². The molecule has 88 valence electrons. The molecule has 0 N–H and O–H groups in total. The van der Waals surface area contributed by atoms with Gasteiger partial charge in [0.05, 0.1) is 0 Å². The molecule has 0 aliphatic heterocycles. The van der Waals surface area contributed by atoms with Gasteiger partial charge < -0.3 is 4.42 Å². The molecule has 2 aromatic rings. The van der Waals surface area contributed by atoms with Gasteiger partial charge in [-0.1, -0.05) is 34.5 Å². The Hall–Kier alpha value is -1.35. The molecule has 2 rings (SSSR count). The van der Waals surface area contributed by atoms with Crippen molar-refractivity contribution in [3.05, 3.63) is 46.1 Å². The van der Waals surface area contributed by atoms with Crippen LogP contribution in [0.2, 0.25) is 0 Å². The Labute approximate surface area is 109 Å². The Balaban J connectivity index is 2.43.